The predicted octanol–water partition coefficient (Wildman–Crippen LogP) is 3.68. The number of carbonyl (C=O) groups is 3. The summed E-state index contributed by atoms with van der Waals surface area (Å²) in [6, 6.07) is 13.0. The van der Waals surface area contributed by atoms with Crippen LogP contribution in [0, 0.1) is 12.8 Å². The maximum absolute atomic E-state index is 12.8. The fraction of sp³-hybridized carbons (Fsp3) is 0.292. The highest BCUT2D eigenvalue weighted by molar-refractivity contribution is 7.99. The summed E-state index contributed by atoms with van der Waals surface area (Å²) in [4.78, 5) is 36.2. The number of nitrogens with zero attached hydrogens (tertiary/aromatic N) is 3. The average molecular weight is 482 g/mol. The van der Waals surface area contributed by atoms with Gasteiger partial charge in [0.15, 0.2) is 11.0 Å². The van der Waals surface area contributed by atoms with Gasteiger partial charge in [0.05, 0.1) is 17.4 Å². The van der Waals surface area contributed by atoms with Crippen LogP contribution in [0.3, 0.4) is 0 Å². The molecule has 0 bridgehead atoms. The van der Waals surface area contributed by atoms with Gasteiger partial charge >= 0.3 is 5.97 Å². The molecule has 178 valence electrons. The standard InChI is InChI=1S/C24H27N5O4S/c1-14(2)20(26-22(31)16-10-8-15(3)9-11-16)21-27-28-24(29(21)4)34-13-19(30)25-18-7-5-6-17(12-18)23(32)33/h5-12,14,20H,13H2,1-4H3,(H,25,30)(H,26,31)(H,32,33). The second-order valence-electron chi connectivity index (χ2n) is 8.18. The molecule has 34 heavy (non-hydrogen) atoms. The van der Waals surface area contributed by atoms with Crippen LogP contribution in [-0.4, -0.2) is 43.4 Å². The molecule has 0 aliphatic carbocycles. The van der Waals surface area contributed by atoms with Gasteiger partial charge in [0.1, 0.15) is 0 Å². The van der Waals surface area contributed by atoms with Crippen LogP contribution in [0.1, 0.15) is 52.0 Å². The molecule has 3 N–H and O–H groups in total. The van der Waals surface area contributed by atoms with Crippen molar-refractivity contribution < 1.29 is 19.5 Å². The second kappa shape index (κ2) is 11.0. The van der Waals surface area contributed by atoms with E-state index in [1.807, 2.05) is 32.9 Å². The zero-order valence-corrected chi connectivity index (χ0v) is 20.2. The number of rotatable bonds is 9. The van der Waals surface area contributed by atoms with E-state index in [0.717, 1.165) is 5.56 Å². The fourth-order valence-corrected chi connectivity index (χ4v) is 3.96. The summed E-state index contributed by atoms with van der Waals surface area (Å²) in [5.74, 6) is -0.853. The Bertz CT molecular complexity index is 1190. The molecule has 3 aromatic rings. The summed E-state index contributed by atoms with van der Waals surface area (Å²) < 4.78 is 1.77. The lowest BCUT2D eigenvalue weighted by Gasteiger charge is -2.21. The Balaban J connectivity index is 1.65. The minimum atomic E-state index is -1.06. The fourth-order valence-electron chi connectivity index (χ4n) is 3.24. The molecule has 0 saturated heterocycles. The number of aromatic nitrogens is 3. The van der Waals surface area contributed by atoms with Crippen molar-refractivity contribution in [1.29, 1.82) is 0 Å². The summed E-state index contributed by atoms with van der Waals surface area (Å²) in [6.07, 6.45) is 0. The van der Waals surface area contributed by atoms with E-state index < -0.39 is 5.97 Å². The van der Waals surface area contributed by atoms with E-state index in [1.165, 1.54) is 23.9 Å². The van der Waals surface area contributed by atoms with Crippen molar-refractivity contribution in [3.8, 4) is 0 Å². The van der Waals surface area contributed by atoms with Crippen LogP contribution in [-0.2, 0) is 11.8 Å². The van der Waals surface area contributed by atoms with Crippen molar-refractivity contribution in [1.82, 2.24) is 20.1 Å². The number of carboxylic acids is 1. The molecular weight excluding hydrogens is 454 g/mol. The molecule has 10 heteroatoms. The highest BCUT2D eigenvalue weighted by atomic mass is 32.2. The first kappa shape index (κ1) is 25.0. The number of nitrogens with one attached hydrogen (secondary N) is 2. The van der Waals surface area contributed by atoms with Gasteiger partial charge in [-0.1, -0.05) is 49.4 Å². The third kappa shape index (κ3) is 6.22. The van der Waals surface area contributed by atoms with Crippen LogP contribution in [0.2, 0.25) is 0 Å². The Morgan fingerprint density at radius 3 is 2.41 bits per heavy atom. The number of carbonyl (C=O) groups excluding carboxylic acids is 2. The van der Waals surface area contributed by atoms with E-state index in [9.17, 15) is 14.4 Å². The number of aromatic carboxylic acids is 1. The molecule has 0 aliphatic heterocycles. The van der Waals surface area contributed by atoms with Gasteiger partial charge in [0.2, 0.25) is 5.91 Å². The molecule has 3 rings (SSSR count). The van der Waals surface area contributed by atoms with Crippen molar-refractivity contribution in [3.05, 3.63) is 71.0 Å². The zero-order chi connectivity index (χ0) is 24.8. The largest absolute Gasteiger partial charge is 0.478 e. The molecule has 2 aromatic carbocycles. The normalized spacial score (nSPS) is 11.8. The van der Waals surface area contributed by atoms with Gasteiger partial charge in [-0.2, -0.15) is 0 Å². The molecule has 0 aliphatic rings. The van der Waals surface area contributed by atoms with Crippen LogP contribution in [0.5, 0.6) is 0 Å². The van der Waals surface area contributed by atoms with Crippen molar-refractivity contribution >= 4 is 35.2 Å². The lowest BCUT2D eigenvalue weighted by molar-refractivity contribution is -0.113. The van der Waals surface area contributed by atoms with Gasteiger partial charge in [-0.15, -0.1) is 10.2 Å². The van der Waals surface area contributed by atoms with Gasteiger partial charge < -0.3 is 20.3 Å². The quantitative estimate of drug-likeness (QED) is 0.398. The molecule has 9 nitrogen and oxygen atoms in total. The maximum Gasteiger partial charge on any atom is 0.335 e. The van der Waals surface area contributed by atoms with Crippen molar-refractivity contribution in [2.75, 3.05) is 11.1 Å². The lowest BCUT2D eigenvalue weighted by atomic mass is 10.0. The van der Waals surface area contributed by atoms with E-state index in [0.29, 0.717) is 22.2 Å². The Kier molecular flexibility index (Phi) is 8.06. The molecule has 0 saturated carbocycles. The molecule has 1 atom stereocenters. The van der Waals surface area contributed by atoms with Gasteiger partial charge in [-0.05, 0) is 43.2 Å². The monoisotopic (exact) mass is 481 g/mol. The van der Waals surface area contributed by atoms with E-state index in [4.69, 9.17) is 5.11 Å². The van der Waals surface area contributed by atoms with Gasteiger partial charge in [0.25, 0.3) is 5.91 Å². The SMILES string of the molecule is Cc1ccc(C(=O)NC(c2nnc(SCC(=O)Nc3cccc(C(=O)O)c3)n2C)C(C)C)cc1. The summed E-state index contributed by atoms with van der Waals surface area (Å²) in [7, 11) is 1.79. The highest BCUT2D eigenvalue weighted by Crippen LogP contribution is 2.24. The minimum Gasteiger partial charge on any atom is -0.478 e. The second-order valence-corrected chi connectivity index (χ2v) is 9.13. The molecule has 0 fully saturated rings. The predicted molar refractivity (Wildman–Crippen MR) is 130 cm³/mol. The third-order valence-corrected chi connectivity index (χ3v) is 6.16. The Hall–Kier alpha value is -3.66. The first-order chi connectivity index (χ1) is 16.2. The first-order valence-electron chi connectivity index (χ1n) is 10.7. The molecule has 1 unspecified atom stereocenters. The molecule has 2 amide bonds. The highest BCUT2D eigenvalue weighted by Gasteiger charge is 2.25. The summed E-state index contributed by atoms with van der Waals surface area (Å²) >= 11 is 1.20. The third-order valence-electron chi connectivity index (χ3n) is 5.14. The number of benzene rings is 2. The number of anilines is 1. The molecule has 1 aromatic heterocycles. The van der Waals surface area contributed by atoms with Crippen molar-refractivity contribution in [2.24, 2.45) is 13.0 Å². The first-order valence-corrected chi connectivity index (χ1v) is 11.7. The number of thioether (sulfide) groups is 1. The lowest BCUT2D eigenvalue weighted by Crippen LogP contribution is -2.33. The van der Waals surface area contributed by atoms with Gasteiger partial charge in [-0.3, -0.25) is 9.59 Å². The minimum absolute atomic E-state index is 0.0555. The zero-order valence-electron chi connectivity index (χ0n) is 19.4. The Morgan fingerprint density at radius 2 is 1.76 bits per heavy atom. The van der Waals surface area contributed by atoms with Crippen LogP contribution in [0.25, 0.3) is 0 Å². The van der Waals surface area contributed by atoms with Crippen LogP contribution in [0.4, 0.5) is 5.69 Å². The Labute approximate surface area is 202 Å². The smallest absolute Gasteiger partial charge is 0.335 e. The van der Waals surface area contributed by atoms with Crippen molar-refractivity contribution in [3.63, 3.8) is 0 Å². The molecule has 0 radical (unpaired) electrons. The molecule has 0 spiro atoms. The van der Waals surface area contributed by atoms with Gasteiger partial charge in [0, 0.05) is 18.3 Å². The Morgan fingerprint density at radius 1 is 1.06 bits per heavy atom. The van der Waals surface area contributed by atoms with E-state index in [2.05, 4.69) is 20.8 Å². The van der Waals surface area contributed by atoms with Crippen LogP contribution >= 0.6 is 11.8 Å². The summed E-state index contributed by atoms with van der Waals surface area (Å²) in [5.41, 5.74) is 2.14. The van der Waals surface area contributed by atoms with E-state index in [1.54, 1.807) is 35.9 Å². The number of carboxylic acid groups (broad SMARTS) is 1. The number of amides is 2. The van der Waals surface area contributed by atoms with Crippen LogP contribution < -0.4 is 10.6 Å². The van der Waals surface area contributed by atoms with E-state index in [-0.39, 0.29) is 35.1 Å². The average Bonchev–Trinajstić information content (AvgIpc) is 3.16. The number of aryl methyl sites for hydroxylation is 1. The summed E-state index contributed by atoms with van der Waals surface area (Å²) in [6.45, 7) is 5.94. The number of hydrogen-bond donors (Lipinski definition) is 3. The molecule has 1 heterocycles. The number of hydrogen-bond acceptors (Lipinski definition) is 6. The van der Waals surface area contributed by atoms with Crippen molar-refractivity contribution in [2.45, 2.75) is 32.0 Å². The van der Waals surface area contributed by atoms with E-state index >= 15 is 0 Å². The summed E-state index contributed by atoms with van der Waals surface area (Å²) in [5, 5.41) is 23.8. The van der Waals surface area contributed by atoms with Crippen LogP contribution in [0.15, 0.2) is 53.7 Å². The van der Waals surface area contributed by atoms with Gasteiger partial charge in [-0.25, -0.2) is 4.79 Å². The molecular formula is C24H27N5O4S. The maximum atomic E-state index is 12.8. The topological polar surface area (TPSA) is 126 Å².